The molecule has 0 aromatic heterocycles. The van der Waals surface area contributed by atoms with Gasteiger partial charge in [-0.1, -0.05) is 6.92 Å². The van der Waals surface area contributed by atoms with Gasteiger partial charge in [0.25, 0.3) is 0 Å². The number of hydrogen-bond donors (Lipinski definition) is 1. The standard InChI is InChI=1S/C14H23N3O3S/c1-3-16-6-8-17(9-7-16)21(18,19)13-4-5-14(20-2)12(10-13)11-15/h4-5,10H,3,6-9,11,15H2,1-2H3. The first-order valence-corrected chi connectivity index (χ1v) is 8.56. The van der Waals surface area contributed by atoms with Crippen LogP contribution in [-0.4, -0.2) is 57.5 Å². The minimum absolute atomic E-state index is 0.246. The van der Waals surface area contributed by atoms with Crippen LogP contribution < -0.4 is 10.5 Å². The van der Waals surface area contributed by atoms with Gasteiger partial charge in [0.15, 0.2) is 0 Å². The fourth-order valence-corrected chi connectivity index (χ4v) is 3.98. The van der Waals surface area contributed by atoms with Crippen molar-refractivity contribution in [3.05, 3.63) is 23.8 Å². The second kappa shape index (κ2) is 6.74. The zero-order chi connectivity index (χ0) is 15.5. The third kappa shape index (κ3) is 3.37. The molecule has 0 bridgehead atoms. The lowest BCUT2D eigenvalue weighted by Crippen LogP contribution is -2.48. The Morgan fingerprint density at radius 1 is 1.24 bits per heavy atom. The summed E-state index contributed by atoms with van der Waals surface area (Å²) in [7, 11) is -1.91. The van der Waals surface area contributed by atoms with Crippen molar-refractivity contribution in [2.24, 2.45) is 5.73 Å². The lowest BCUT2D eigenvalue weighted by molar-refractivity contribution is 0.196. The summed E-state index contributed by atoms with van der Waals surface area (Å²) in [6.45, 7) is 5.89. The number of benzene rings is 1. The Morgan fingerprint density at radius 3 is 2.43 bits per heavy atom. The molecule has 0 radical (unpaired) electrons. The Hall–Kier alpha value is -1.15. The van der Waals surface area contributed by atoms with Crippen LogP contribution in [0.5, 0.6) is 5.75 Å². The molecule has 0 aliphatic carbocycles. The van der Waals surface area contributed by atoms with Crippen LogP contribution in [0.2, 0.25) is 0 Å². The molecule has 7 heteroatoms. The Labute approximate surface area is 126 Å². The van der Waals surface area contributed by atoms with Gasteiger partial charge in [0, 0.05) is 38.3 Å². The van der Waals surface area contributed by atoms with Gasteiger partial charge in [-0.3, -0.25) is 0 Å². The summed E-state index contributed by atoms with van der Waals surface area (Å²) in [4.78, 5) is 2.53. The molecule has 21 heavy (non-hydrogen) atoms. The van der Waals surface area contributed by atoms with E-state index in [0.29, 0.717) is 24.4 Å². The van der Waals surface area contributed by atoms with E-state index >= 15 is 0 Å². The lowest BCUT2D eigenvalue weighted by Gasteiger charge is -2.33. The number of sulfonamides is 1. The monoisotopic (exact) mass is 313 g/mol. The third-order valence-corrected chi connectivity index (χ3v) is 5.78. The number of methoxy groups -OCH3 is 1. The normalized spacial score (nSPS) is 17.9. The summed E-state index contributed by atoms with van der Waals surface area (Å²) in [6, 6.07) is 4.86. The second-order valence-corrected chi connectivity index (χ2v) is 6.95. The van der Waals surface area contributed by atoms with Crippen molar-refractivity contribution in [2.45, 2.75) is 18.4 Å². The minimum atomic E-state index is -3.46. The van der Waals surface area contributed by atoms with Gasteiger partial charge in [-0.25, -0.2) is 8.42 Å². The van der Waals surface area contributed by atoms with Gasteiger partial charge in [-0.05, 0) is 24.7 Å². The van der Waals surface area contributed by atoms with Crippen molar-refractivity contribution >= 4 is 10.0 Å². The molecule has 1 fully saturated rings. The van der Waals surface area contributed by atoms with Gasteiger partial charge in [-0.15, -0.1) is 0 Å². The van der Waals surface area contributed by atoms with Crippen LogP contribution in [0.4, 0.5) is 0 Å². The fourth-order valence-electron chi connectivity index (χ4n) is 2.51. The first-order chi connectivity index (χ1) is 10.0. The highest BCUT2D eigenvalue weighted by Crippen LogP contribution is 2.24. The average Bonchev–Trinajstić information content (AvgIpc) is 2.54. The molecule has 2 N–H and O–H groups in total. The van der Waals surface area contributed by atoms with Gasteiger partial charge in [-0.2, -0.15) is 4.31 Å². The van der Waals surface area contributed by atoms with Crippen LogP contribution in [0, 0.1) is 0 Å². The third-order valence-electron chi connectivity index (χ3n) is 3.89. The van der Waals surface area contributed by atoms with E-state index in [1.807, 2.05) is 0 Å². The van der Waals surface area contributed by atoms with Crippen LogP contribution in [0.3, 0.4) is 0 Å². The van der Waals surface area contributed by atoms with Crippen LogP contribution >= 0.6 is 0 Å². The Balaban J connectivity index is 2.24. The zero-order valence-electron chi connectivity index (χ0n) is 12.6. The highest BCUT2D eigenvalue weighted by molar-refractivity contribution is 7.89. The summed E-state index contributed by atoms with van der Waals surface area (Å²) in [5, 5.41) is 0. The van der Waals surface area contributed by atoms with E-state index in [-0.39, 0.29) is 11.4 Å². The van der Waals surface area contributed by atoms with Crippen LogP contribution in [-0.2, 0) is 16.6 Å². The number of ether oxygens (including phenoxy) is 1. The second-order valence-electron chi connectivity index (χ2n) is 5.02. The summed E-state index contributed by atoms with van der Waals surface area (Å²) in [5.41, 5.74) is 6.36. The van der Waals surface area contributed by atoms with Gasteiger partial charge in [0.05, 0.1) is 12.0 Å². The molecule has 1 aliphatic rings. The number of rotatable bonds is 5. The Bertz CT molecular complexity index is 581. The number of nitrogens with zero attached hydrogens (tertiary/aromatic N) is 2. The molecule has 1 heterocycles. The Kier molecular flexibility index (Phi) is 5.21. The molecule has 0 atom stereocenters. The van der Waals surface area contributed by atoms with Crippen molar-refractivity contribution in [1.82, 2.24) is 9.21 Å². The molecule has 0 saturated carbocycles. The van der Waals surface area contributed by atoms with E-state index in [9.17, 15) is 8.42 Å². The maximum absolute atomic E-state index is 12.7. The van der Waals surface area contributed by atoms with E-state index in [1.54, 1.807) is 29.6 Å². The van der Waals surface area contributed by atoms with Crippen molar-refractivity contribution in [2.75, 3.05) is 39.8 Å². The number of nitrogens with two attached hydrogens (primary N) is 1. The quantitative estimate of drug-likeness (QED) is 0.856. The SMILES string of the molecule is CCN1CCN(S(=O)(=O)c2ccc(OC)c(CN)c2)CC1. The fraction of sp³-hybridized carbons (Fsp3) is 0.571. The van der Waals surface area contributed by atoms with Crippen molar-refractivity contribution in [3.63, 3.8) is 0 Å². The predicted octanol–water partition coefficient (Wildman–Crippen LogP) is 0.480. The maximum Gasteiger partial charge on any atom is 0.243 e. The molecule has 0 amide bonds. The van der Waals surface area contributed by atoms with Crippen LogP contribution in [0.15, 0.2) is 23.1 Å². The number of likely N-dealkylation sites (N-methyl/N-ethyl adjacent to an activating group) is 1. The Morgan fingerprint density at radius 2 is 1.90 bits per heavy atom. The topological polar surface area (TPSA) is 75.9 Å². The summed E-state index contributed by atoms with van der Waals surface area (Å²) in [6.07, 6.45) is 0. The maximum atomic E-state index is 12.7. The molecule has 1 aromatic rings. The molecular weight excluding hydrogens is 290 g/mol. The molecule has 0 spiro atoms. The molecule has 1 aromatic carbocycles. The average molecular weight is 313 g/mol. The molecule has 6 nitrogen and oxygen atoms in total. The first-order valence-electron chi connectivity index (χ1n) is 7.12. The van der Waals surface area contributed by atoms with E-state index in [4.69, 9.17) is 10.5 Å². The molecule has 2 rings (SSSR count). The van der Waals surface area contributed by atoms with Crippen molar-refractivity contribution < 1.29 is 13.2 Å². The van der Waals surface area contributed by atoms with Gasteiger partial charge >= 0.3 is 0 Å². The molecule has 118 valence electrons. The minimum Gasteiger partial charge on any atom is -0.496 e. The van der Waals surface area contributed by atoms with Gasteiger partial charge in [0.2, 0.25) is 10.0 Å². The van der Waals surface area contributed by atoms with Crippen molar-refractivity contribution in [3.8, 4) is 5.75 Å². The molecule has 1 saturated heterocycles. The largest absolute Gasteiger partial charge is 0.496 e. The molecule has 1 aliphatic heterocycles. The van der Waals surface area contributed by atoms with E-state index in [0.717, 1.165) is 19.6 Å². The molecular formula is C14H23N3O3S. The van der Waals surface area contributed by atoms with E-state index in [2.05, 4.69) is 11.8 Å². The predicted molar refractivity (Wildman–Crippen MR) is 81.8 cm³/mol. The highest BCUT2D eigenvalue weighted by atomic mass is 32.2. The number of piperazine rings is 1. The lowest BCUT2D eigenvalue weighted by atomic mass is 10.2. The van der Waals surface area contributed by atoms with Crippen LogP contribution in [0.25, 0.3) is 0 Å². The summed E-state index contributed by atoms with van der Waals surface area (Å²) < 4.78 is 32.1. The smallest absolute Gasteiger partial charge is 0.243 e. The highest BCUT2D eigenvalue weighted by Gasteiger charge is 2.28. The first kappa shape index (κ1) is 16.2. The van der Waals surface area contributed by atoms with Crippen molar-refractivity contribution in [1.29, 1.82) is 0 Å². The van der Waals surface area contributed by atoms with Gasteiger partial charge in [0.1, 0.15) is 5.75 Å². The van der Waals surface area contributed by atoms with Gasteiger partial charge < -0.3 is 15.4 Å². The summed E-state index contributed by atoms with van der Waals surface area (Å²) >= 11 is 0. The molecule has 0 unspecified atom stereocenters. The van der Waals surface area contributed by atoms with Crippen LogP contribution in [0.1, 0.15) is 12.5 Å². The van der Waals surface area contributed by atoms with E-state index < -0.39 is 10.0 Å². The number of hydrogen-bond acceptors (Lipinski definition) is 5. The summed E-state index contributed by atoms with van der Waals surface area (Å²) in [5.74, 6) is 0.618. The van der Waals surface area contributed by atoms with E-state index in [1.165, 1.54) is 0 Å². The zero-order valence-corrected chi connectivity index (χ0v) is 13.4.